The number of hydrogen-bond donors (Lipinski definition) is 1. The van der Waals surface area contributed by atoms with E-state index in [1.807, 2.05) is 49.5 Å². The van der Waals surface area contributed by atoms with Crippen LogP contribution in [-0.4, -0.2) is 29.7 Å². The lowest BCUT2D eigenvalue weighted by atomic mass is 10.1. The number of rotatable bonds is 3. The predicted molar refractivity (Wildman–Crippen MR) is 121 cm³/mol. The number of nitrogens with zero attached hydrogens (tertiary/aromatic N) is 2. The lowest BCUT2D eigenvalue weighted by Gasteiger charge is -2.26. The molecule has 1 aliphatic heterocycles. The molecule has 1 heterocycles. The second kappa shape index (κ2) is 8.20. The number of para-hydroxylation sites is 2. The normalized spacial score (nSPS) is 12.2. The molecule has 3 aromatic carbocycles. The molecular weight excluding hydrogens is 398 g/mol. The molecule has 4 rings (SSSR count). The van der Waals surface area contributed by atoms with E-state index in [1.54, 1.807) is 24.3 Å². The lowest BCUT2D eigenvalue weighted by Crippen LogP contribution is -2.33. The van der Waals surface area contributed by atoms with E-state index in [1.165, 1.54) is 0 Å². The standard InChI is InChI=1S/C24H22ClN3O2/c1-15(2)28(3)23-19-14-18(26-24(29)16-8-10-17(25)11-9-16)12-13-21(19)30-22-7-5-4-6-20(22)27-23/h4-15H,1-3H3,(H,26,29). The zero-order valence-corrected chi connectivity index (χ0v) is 17.8. The molecule has 0 fully saturated rings. The number of amidine groups is 1. The van der Waals surface area contributed by atoms with Gasteiger partial charge in [-0.2, -0.15) is 0 Å². The third-order valence-corrected chi connectivity index (χ3v) is 5.26. The molecule has 1 aliphatic rings. The third-order valence-electron chi connectivity index (χ3n) is 5.00. The highest BCUT2D eigenvalue weighted by atomic mass is 35.5. The lowest BCUT2D eigenvalue weighted by molar-refractivity contribution is 0.102. The molecule has 0 unspecified atom stereocenters. The topological polar surface area (TPSA) is 53.9 Å². The molecule has 6 heteroatoms. The highest BCUT2D eigenvalue weighted by Gasteiger charge is 2.23. The van der Waals surface area contributed by atoms with Gasteiger partial charge in [-0.1, -0.05) is 23.7 Å². The zero-order valence-electron chi connectivity index (χ0n) is 17.0. The molecule has 152 valence electrons. The van der Waals surface area contributed by atoms with Crippen molar-refractivity contribution in [1.29, 1.82) is 0 Å². The molecular formula is C24H22ClN3O2. The van der Waals surface area contributed by atoms with Gasteiger partial charge in [-0.25, -0.2) is 4.99 Å². The van der Waals surface area contributed by atoms with Gasteiger partial charge in [0, 0.05) is 29.4 Å². The molecule has 0 aliphatic carbocycles. The number of carbonyl (C=O) groups excluding carboxylic acids is 1. The first-order chi connectivity index (χ1) is 14.4. The van der Waals surface area contributed by atoms with E-state index < -0.39 is 0 Å². The fraction of sp³-hybridized carbons (Fsp3) is 0.167. The minimum atomic E-state index is -0.208. The number of nitrogens with one attached hydrogen (secondary N) is 1. The fourth-order valence-corrected chi connectivity index (χ4v) is 3.24. The first-order valence-corrected chi connectivity index (χ1v) is 10.1. The molecule has 0 saturated carbocycles. The average molecular weight is 420 g/mol. The van der Waals surface area contributed by atoms with Crippen LogP contribution >= 0.6 is 11.6 Å². The van der Waals surface area contributed by atoms with Crippen LogP contribution in [0.4, 0.5) is 11.4 Å². The van der Waals surface area contributed by atoms with Crippen molar-refractivity contribution in [3.05, 3.63) is 82.9 Å². The van der Waals surface area contributed by atoms with E-state index in [4.69, 9.17) is 21.3 Å². The molecule has 0 bridgehead atoms. The molecule has 1 N–H and O–H groups in total. The van der Waals surface area contributed by atoms with Crippen LogP contribution in [0.15, 0.2) is 71.7 Å². The van der Waals surface area contributed by atoms with Gasteiger partial charge in [0.2, 0.25) is 0 Å². The van der Waals surface area contributed by atoms with Crippen LogP contribution in [0, 0.1) is 0 Å². The number of ether oxygens (including phenoxy) is 1. The molecule has 30 heavy (non-hydrogen) atoms. The highest BCUT2D eigenvalue weighted by molar-refractivity contribution is 6.30. The number of carbonyl (C=O) groups is 1. The van der Waals surface area contributed by atoms with Gasteiger partial charge in [0.15, 0.2) is 5.75 Å². The van der Waals surface area contributed by atoms with E-state index in [2.05, 4.69) is 24.1 Å². The summed E-state index contributed by atoms with van der Waals surface area (Å²) in [6.45, 7) is 4.21. The van der Waals surface area contributed by atoms with Crippen molar-refractivity contribution in [3.63, 3.8) is 0 Å². The second-order valence-electron chi connectivity index (χ2n) is 7.38. The first-order valence-electron chi connectivity index (χ1n) is 9.72. The largest absolute Gasteiger partial charge is 0.454 e. The SMILES string of the molecule is CC(C)N(C)C1=Nc2ccccc2Oc2ccc(NC(=O)c3ccc(Cl)cc3)cc21. The van der Waals surface area contributed by atoms with Crippen molar-refractivity contribution in [1.82, 2.24) is 4.90 Å². The van der Waals surface area contributed by atoms with Crippen LogP contribution in [0.2, 0.25) is 5.02 Å². The van der Waals surface area contributed by atoms with Gasteiger partial charge in [0.1, 0.15) is 17.3 Å². The van der Waals surface area contributed by atoms with Crippen LogP contribution < -0.4 is 10.1 Å². The van der Waals surface area contributed by atoms with Gasteiger partial charge in [0.05, 0.1) is 5.56 Å². The zero-order chi connectivity index (χ0) is 21.3. The Kier molecular flexibility index (Phi) is 5.46. The Morgan fingerprint density at radius 1 is 1.03 bits per heavy atom. The van der Waals surface area contributed by atoms with Crippen molar-refractivity contribution in [2.75, 3.05) is 12.4 Å². The minimum Gasteiger partial charge on any atom is -0.454 e. The molecule has 0 aromatic heterocycles. The summed E-state index contributed by atoms with van der Waals surface area (Å²) in [4.78, 5) is 19.6. The average Bonchev–Trinajstić information content (AvgIpc) is 2.90. The van der Waals surface area contributed by atoms with Crippen molar-refractivity contribution >= 4 is 34.7 Å². The van der Waals surface area contributed by atoms with Gasteiger partial charge in [0.25, 0.3) is 5.91 Å². The van der Waals surface area contributed by atoms with Gasteiger partial charge >= 0.3 is 0 Å². The summed E-state index contributed by atoms with van der Waals surface area (Å²) in [5.41, 5.74) is 2.78. The van der Waals surface area contributed by atoms with Crippen molar-refractivity contribution in [2.45, 2.75) is 19.9 Å². The van der Waals surface area contributed by atoms with Crippen LogP contribution in [0.25, 0.3) is 0 Å². The quantitative estimate of drug-likeness (QED) is 0.556. The number of aliphatic imine (C=N–C) groups is 1. The number of benzene rings is 3. The Morgan fingerprint density at radius 3 is 2.50 bits per heavy atom. The monoisotopic (exact) mass is 419 g/mol. The Balaban J connectivity index is 1.73. The summed E-state index contributed by atoms with van der Waals surface area (Å²) in [6.07, 6.45) is 0. The summed E-state index contributed by atoms with van der Waals surface area (Å²) >= 11 is 5.92. The van der Waals surface area contributed by atoms with E-state index in [0.717, 1.165) is 17.1 Å². The maximum Gasteiger partial charge on any atom is 0.255 e. The third kappa shape index (κ3) is 4.02. The number of anilines is 1. The maximum atomic E-state index is 12.6. The number of hydrogen-bond acceptors (Lipinski definition) is 4. The summed E-state index contributed by atoms with van der Waals surface area (Å²) in [6, 6.07) is 20.3. The summed E-state index contributed by atoms with van der Waals surface area (Å²) in [7, 11) is 2.00. The second-order valence-corrected chi connectivity index (χ2v) is 7.82. The summed E-state index contributed by atoms with van der Waals surface area (Å²) in [5, 5.41) is 3.54. The molecule has 0 atom stereocenters. The van der Waals surface area contributed by atoms with E-state index in [9.17, 15) is 4.79 Å². The molecule has 0 spiro atoms. The number of amides is 1. The number of halogens is 1. The van der Waals surface area contributed by atoms with E-state index >= 15 is 0 Å². The number of fused-ring (bicyclic) bond motifs is 2. The van der Waals surface area contributed by atoms with E-state index in [-0.39, 0.29) is 11.9 Å². The highest BCUT2D eigenvalue weighted by Crippen LogP contribution is 2.39. The Morgan fingerprint density at radius 2 is 1.77 bits per heavy atom. The van der Waals surface area contributed by atoms with Crippen molar-refractivity contribution in [2.24, 2.45) is 4.99 Å². The van der Waals surface area contributed by atoms with Gasteiger partial charge in [-0.3, -0.25) is 4.79 Å². The van der Waals surface area contributed by atoms with Gasteiger partial charge in [-0.15, -0.1) is 0 Å². The predicted octanol–water partition coefficient (Wildman–Crippen LogP) is 6.12. The Labute approximate surface area is 181 Å². The fourth-order valence-electron chi connectivity index (χ4n) is 3.12. The molecule has 0 saturated heterocycles. The Bertz CT molecular complexity index is 1120. The van der Waals surface area contributed by atoms with Gasteiger partial charge < -0.3 is 15.0 Å². The molecule has 0 radical (unpaired) electrons. The van der Waals surface area contributed by atoms with Crippen molar-refractivity contribution in [3.8, 4) is 11.5 Å². The maximum absolute atomic E-state index is 12.6. The van der Waals surface area contributed by atoms with Crippen molar-refractivity contribution < 1.29 is 9.53 Å². The minimum absolute atomic E-state index is 0.208. The van der Waals surface area contributed by atoms with Gasteiger partial charge in [-0.05, 0) is 68.4 Å². The molecule has 5 nitrogen and oxygen atoms in total. The van der Waals surface area contributed by atoms with Crippen LogP contribution in [0.5, 0.6) is 11.5 Å². The van der Waals surface area contributed by atoms with Crippen LogP contribution in [-0.2, 0) is 0 Å². The Hall–Kier alpha value is -3.31. The van der Waals surface area contributed by atoms with E-state index in [0.29, 0.717) is 27.8 Å². The summed E-state index contributed by atoms with van der Waals surface area (Å²) < 4.78 is 6.15. The van der Waals surface area contributed by atoms with Crippen LogP contribution in [0.3, 0.4) is 0 Å². The first kappa shape index (κ1) is 20.0. The van der Waals surface area contributed by atoms with Crippen LogP contribution in [0.1, 0.15) is 29.8 Å². The smallest absolute Gasteiger partial charge is 0.255 e. The molecule has 3 aromatic rings. The molecule has 1 amide bonds. The summed E-state index contributed by atoms with van der Waals surface area (Å²) in [5.74, 6) is 1.97.